The van der Waals surface area contributed by atoms with Crippen LogP contribution in [0.15, 0.2) is 0 Å². The summed E-state index contributed by atoms with van der Waals surface area (Å²) in [5, 5.41) is 124. The molecule has 0 bridgehead atoms. The number of hydrogen-bond donors (Lipinski definition) is 12. The molecule has 3 aliphatic heterocycles. The highest BCUT2D eigenvalue weighted by Crippen LogP contribution is 2.46. The van der Waals surface area contributed by atoms with Crippen LogP contribution in [-0.2, 0) is 18.9 Å². The van der Waals surface area contributed by atoms with Gasteiger partial charge in [0.1, 0.15) is 54.9 Å². The van der Waals surface area contributed by atoms with Crippen molar-refractivity contribution < 1.29 is 80.2 Å². The molecule has 3 saturated heterocycles. The van der Waals surface area contributed by atoms with Crippen molar-refractivity contribution in [1.29, 1.82) is 0 Å². The van der Waals surface area contributed by atoms with Gasteiger partial charge in [-0.3, -0.25) is 0 Å². The molecular formula is C18H32O16. The lowest BCUT2D eigenvalue weighted by molar-refractivity contribution is -0.422. The molecule has 200 valence electrons. The van der Waals surface area contributed by atoms with Gasteiger partial charge in [-0.05, 0) is 6.92 Å². The van der Waals surface area contributed by atoms with Crippen molar-refractivity contribution in [3.8, 4) is 0 Å². The minimum Gasteiger partial charge on any atom is -0.394 e. The molecule has 3 heterocycles. The van der Waals surface area contributed by atoms with Crippen LogP contribution < -0.4 is 0 Å². The fraction of sp³-hybridized carbons (Fsp3) is 1.00. The van der Waals surface area contributed by atoms with Crippen LogP contribution in [0.1, 0.15) is 6.92 Å². The summed E-state index contributed by atoms with van der Waals surface area (Å²) in [4.78, 5) is 0. The fourth-order valence-electron chi connectivity index (χ4n) is 4.71. The topological polar surface area (TPSA) is 280 Å². The molecule has 34 heavy (non-hydrogen) atoms. The van der Waals surface area contributed by atoms with Crippen molar-refractivity contribution in [2.24, 2.45) is 0 Å². The molecule has 12 N–H and O–H groups in total. The summed E-state index contributed by atoms with van der Waals surface area (Å²) in [7, 11) is 0. The van der Waals surface area contributed by atoms with Crippen LogP contribution in [0.4, 0.5) is 0 Å². The highest BCUT2D eigenvalue weighted by atomic mass is 16.7. The van der Waals surface area contributed by atoms with E-state index in [-0.39, 0.29) is 0 Å². The standard InChI is InChI=1S/C18H32O16/c1-4-17(29,12(25)9(23)15(28)31-4)18(30)11(24)6(3-20)33-16(13(18)26)34-10-5(2-19)32-14(27)8(22)7(10)21/h4-16,19-30H,2-3H2,1H3/t4-,5+,6+,7+,8?,9-,10+,11-,12-,13-,14?,15?,16-,17-,18+/m0/s1. The number of aliphatic hydroxyl groups excluding tert-OH is 10. The first-order valence-corrected chi connectivity index (χ1v) is 10.5. The number of hydrogen-bond acceptors (Lipinski definition) is 16. The van der Waals surface area contributed by atoms with Crippen LogP contribution in [0.3, 0.4) is 0 Å². The third-order valence-electron chi connectivity index (χ3n) is 6.80. The molecule has 3 fully saturated rings. The Hall–Kier alpha value is -0.640. The Morgan fingerprint density at radius 3 is 1.76 bits per heavy atom. The van der Waals surface area contributed by atoms with Crippen molar-refractivity contribution in [2.75, 3.05) is 13.2 Å². The zero-order valence-corrected chi connectivity index (χ0v) is 17.9. The zero-order valence-electron chi connectivity index (χ0n) is 17.9. The van der Waals surface area contributed by atoms with Gasteiger partial charge in [0.15, 0.2) is 30.1 Å². The summed E-state index contributed by atoms with van der Waals surface area (Å²) in [6.07, 6.45) is -26.1. The van der Waals surface area contributed by atoms with E-state index in [1.54, 1.807) is 0 Å². The predicted octanol–water partition coefficient (Wildman–Crippen LogP) is -7.84. The number of rotatable bonds is 5. The summed E-state index contributed by atoms with van der Waals surface area (Å²) in [6, 6.07) is 0. The lowest BCUT2D eigenvalue weighted by atomic mass is 9.64. The average molecular weight is 504 g/mol. The maximum absolute atomic E-state index is 11.4. The fourth-order valence-corrected chi connectivity index (χ4v) is 4.71. The molecule has 0 aromatic carbocycles. The van der Waals surface area contributed by atoms with E-state index in [1.165, 1.54) is 0 Å². The van der Waals surface area contributed by atoms with E-state index in [4.69, 9.17) is 18.9 Å². The molecule has 0 aromatic heterocycles. The third kappa shape index (κ3) is 4.06. The Kier molecular flexibility index (Phi) is 8.23. The van der Waals surface area contributed by atoms with E-state index in [0.29, 0.717) is 0 Å². The maximum atomic E-state index is 11.4. The van der Waals surface area contributed by atoms with Gasteiger partial charge in [0.25, 0.3) is 0 Å². The van der Waals surface area contributed by atoms with Crippen molar-refractivity contribution in [3.05, 3.63) is 0 Å². The summed E-state index contributed by atoms with van der Waals surface area (Å²) < 4.78 is 20.5. The monoisotopic (exact) mass is 504 g/mol. The van der Waals surface area contributed by atoms with Gasteiger partial charge in [-0.15, -0.1) is 0 Å². The normalized spacial score (nSPS) is 56.9. The molecule has 0 aromatic rings. The first kappa shape index (κ1) is 27.9. The maximum Gasteiger partial charge on any atom is 0.187 e. The Morgan fingerprint density at radius 1 is 0.647 bits per heavy atom. The van der Waals surface area contributed by atoms with Crippen LogP contribution in [-0.4, -0.2) is 166 Å². The lowest BCUT2D eigenvalue weighted by Crippen LogP contribution is -2.84. The van der Waals surface area contributed by atoms with Crippen LogP contribution in [0.5, 0.6) is 0 Å². The van der Waals surface area contributed by atoms with Gasteiger partial charge < -0.3 is 80.2 Å². The smallest absolute Gasteiger partial charge is 0.187 e. The van der Waals surface area contributed by atoms with Crippen molar-refractivity contribution in [3.63, 3.8) is 0 Å². The SMILES string of the molecule is C[C@@H]1OC(O)[C@@H](O)[C@H](O)[C@]1(O)[C@]1(O)[C@@H](O)[C@H](O[C@H]2[C@H](O)C(O)C(O)O[C@@H]2CO)O[C@H](CO)[C@@H]1O. The number of aliphatic hydroxyl groups is 12. The molecule has 3 unspecified atom stereocenters. The molecule has 0 saturated carbocycles. The minimum atomic E-state index is -3.27. The van der Waals surface area contributed by atoms with Crippen molar-refractivity contribution >= 4 is 0 Å². The molecule has 0 amide bonds. The second kappa shape index (κ2) is 10.0. The van der Waals surface area contributed by atoms with Crippen LogP contribution >= 0.6 is 0 Å². The highest BCUT2D eigenvalue weighted by molar-refractivity contribution is 5.20. The van der Waals surface area contributed by atoms with E-state index in [0.717, 1.165) is 6.92 Å². The molecule has 0 aliphatic carbocycles. The minimum absolute atomic E-state index is 0.859. The Balaban J connectivity index is 1.99. The largest absolute Gasteiger partial charge is 0.394 e. The molecular weight excluding hydrogens is 472 g/mol. The van der Waals surface area contributed by atoms with Crippen LogP contribution in [0, 0.1) is 0 Å². The van der Waals surface area contributed by atoms with Crippen molar-refractivity contribution in [2.45, 2.75) is 98.0 Å². The van der Waals surface area contributed by atoms with E-state index < -0.39 is 104 Å². The molecule has 16 nitrogen and oxygen atoms in total. The Bertz CT molecular complexity index is 697. The molecule has 15 atom stereocenters. The predicted molar refractivity (Wildman–Crippen MR) is 101 cm³/mol. The van der Waals surface area contributed by atoms with Gasteiger partial charge in [-0.25, -0.2) is 0 Å². The lowest BCUT2D eigenvalue weighted by Gasteiger charge is -2.59. The summed E-state index contributed by atoms with van der Waals surface area (Å²) in [5.41, 5.74) is -6.37. The van der Waals surface area contributed by atoms with Gasteiger partial charge in [-0.2, -0.15) is 0 Å². The van der Waals surface area contributed by atoms with Gasteiger partial charge in [-0.1, -0.05) is 0 Å². The molecule has 0 radical (unpaired) electrons. The molecule has 3 rings (SSSR count). The summed E-state index contributed by atoms with van der Waals surface area (Å²) in [6.45, 7) is -0.841. The van der Waals surface area contributed by atoms with Gasteiger partial charge >= 0.3 is 0 Å². The molecule has 0 spiro atoms. The van der Waals surface area contributed by atoms with Crippen LogP contribution in [0.2, 0.25) is 0 Å². The first-order chi connectivity index (χ1) is 15.8. The Morgan fingerprint density at radius 2 is 1.21 bits per heavy atom. The number of ether oxygens (including phenoxy) is 4. The summed E-state index contributed by atoms with van der Waals surface area (Å²) in [5.74, 6) is 0. The van der Waals surface area contributed by atoms with E-state index in [2.05, 4.69) is 0 Å². The van der Waals surface area contributed by atoms with Gasteiger partial charge in [0.05, 0.1) is 19.3 Å². The van der Waals surface area contributed by atoms with E-state index in [9.17, 15) is 61.3 Å². The van der Waals surface area contributed by atoms with Crippen molar-refractivity contribution in [1.82, 2.24) is 0 Å². The zero-order chi connectivity index (χ0) is 25.7. The second-order valence-corrected chi connectivity index (χ2v) is 8.70. The quantitative estimate of drug-likeness (QED) is 0.165. The van der Waals surface area contributed by atoms with E-state index in [1.807, 2.05) is 0 Å². The van der Waals surface area contributed by atoms with Gasteiger partial charge in [0.2, 0.25) is 0 Å². The summed E-state index contributed by atoms with van der Waals surface area (Å²) >= 11 is 0. The average Bonchev–Trinajstić information content (AvgIpc) is 2.81. The highest BCUT2D eigenvalue weighted by Gasteiger charge is 2.73. The van der Waals surface area contributed by atoms with Crippen LogP contribution in [0.25, 0.3) is 0 Å². The molecule has 16 heteroatoms. The molecule has 3 aliphatic rings. The van der Waals surface area contributed by atoms with E-state index >= 15 is 0 Å². The van der Waals surface area contributed by atoms with Gasteiger partial charge in [0, 0.05) is 0 Å². The Labute approximate surface area is 192 Å². The second-order valence-electron chi connectivity index (χ2n) is 8.70. The third-order valence-corrected chi connectivity index (χ3v) is 6.80. The first-order valence-electron chi connectivity index (χ1n) is 10.5.